The molecule has 2 rings (SSSR count). The number of primary amides is 1. The van der Waals surface area contributed by atoms with Crippen molar-refractivity contribution in [3.63, 3.8) is 0 Å². The van der Waals surface area contributed by atoms with E-state index in [0.29, 0.717) is 17.7 Å². The van der Waals surface area contributed by atoms with E-state index in [9.17, 15) is 14.4 Å². The minimum absolute atomic E-state index is 0.192. The summed E-state index contributed by atoms with van der Waals surface area (Å²) in [6.45, 7) is 2.05. The average Bonchev–Trinajstić information content (AvgIpc) is 2.74. The lowest BCUT2D eigenvalue weighted by atomic mass is 10.0. The highest BCUT2D eigenvalue weighted by Gasteiger charge is 2.21. The fourth-order valence-electron chi connectivity index (χ4n) is 2.94. The summed E-state index contributed by atoms with van der Waals surface area (Å²) in [7, 11) is 0. The number of carbonyl (C=O) groups is 3. The molecule has 2 aromatic carbocycles. The highest BCUT2D eigenvalue weighted by atomic mass is 16.2. The second-order valence-corrected chi connectivity index (χ2v) is 7.02. The number of hydrogen-bond acceptors (Lipinski definition) is 4. The van der Waals surface area contributed by atoms with Gasteiger partial charge in [-0.25, -0.2) is 0 Å². The molecule has 2 aromatic rings. The minimum Gasteiger partial charge on any atom is -0.366 e. The molecule has 0 aliphatic carbocycles. The molecule has 0 aliphatic rings. The summed E-state index contributed by atoms with van der Waals surface area (Å²) in [4.78, 5) is 36.6. The molecular formula is C23H26N4O3. The van der Waals surface area contributed by atoms with E-state index in [1.165, 1.54) is 6.07 Å². The van der Waals surface area contributed by atoms with Crippen LogP contribution in [0.3, 0.4) is 0 Å². The smallest absolute Gasteiger partial charge is 0.248 e. The van der Waals surface area contributed by atoms with Gasteiger partial charge in [0.05, 0.1) is 11.6 Å². The van der Waals surface area contributed by atoms with Gasteiger partial charge in [0.25, 0.3) is 0 Å². The zero-order valence-corrected chi connectivity index (χ0v) is 17.0. The van der Waals surface area contributed by atoms with Crippen molar-refractivity contribution in [1.29, 1.82) is 5.26 Å². The van der Waals surface area contributed by atoms with Crippen molar-refractivity contribution < 1.29 is 14.4 Å². The molecule has 0 bridgehead atoms. The van der Waals surface area contributed by atoms with Crippen LogP contribution in [0.1, 0.15) is 54.1 Å². The van der Waals surface area contributed by atoms with Crippen molar-refractivity contribution in [2.75, 3.05) is 5.32 Å². The van der Waals surface area contributed by atoms with Gasteiger partial charge < -0.3 is 16.4 Å². The number of nitrogens with two attached hydrogens (primary N) is 1. The lowest BCUT2D eigenvalue weighted by Gasteiger charge is -2.19. The highest BCUT2D eigenvalue weighted by Crippen LogP contribution is 2.13. The first kappa shape index (κ1) is 22.6. The number of nitrogens with zero attached hydrogens (tertiary/aromatic N) is 1. The Morgan fingerprint density at radius 1 is 1.10 bits per heavy atom. The van der Waals surface area contributed by atoms with Gasteiger partial charge in [0, 0.05) is 24.1 Å². The number of unbranched alkanes of at least 4 members (excludes halogenated alkanes) is 2. The monoisotopic (exact) mass is 406 g/mol. The fraction of sp³-hybridized carbons (Fsp3) is 0.304. The van der Waals surface area contributed by atoms with Gasteiger partial charge in [0.15, 0.2) is 0 Å². The molecule has 0 heterocycles. The molecule has 0 unspecified atom stereocenters. The van der Waals surface area contributed by atoms with Gasteiger partial charge in [0.1, 0.15) is 6.04 Å². The highest BCUT2D eigenvalue weighted by molar-refractivity contribution is 5.99. The van der Waals surface area contributed by atoms with Crippen LogP contribution >= 0.6 is 0 Å². The molecule has 0 fully saturated rings. The van der Waals surface area contributed by atoms with E-state index in [1.807, 2.05) is 0 Å². The summed E-state index contributed by atoms with van der Waals surface area (Å²) in [5.74, 6) is -1.18. The molecule has 0 saturated carbocycles. The second kappa shape index (κ2) is 11.4. The maximum atomic E-state index is 12.9. The fourth-order valence-corrected chi connectivity index (χ4v) is 2.94. The Kier molecular flexibility index (Phi) is 8.57. The number of amides is 3. The number of nitrogens with one attached hydrogen (secondary N) is 2. The lowest BCUT2D eigenvalue weighted by Crippen LogP contribution is -2.45. The van der Waals surface area contributed by atoms with E-state index in [1.54, 1.807) is 42.5 Å². The molecule has 0 aliphatic heterocycles. The number of benzene rings is 2. The molecule has 0 radical (unpaired) electrons. The molecule has 1 atom stereocenters. The first-order chi connectivity index (χ1) is 14.4. The van der Waals surface area contributed by atoms with E-state index in [-0.39, 0.29) is 17.9 Å². The normalized spacial score (nSPS) is 11.2. The largest absolute Gasteiger partial charge is 0.366 e. The van der Waals surface area contributed by atoms with E-state index in [0.717, 1.165) is 24.8 Å². The Hall–Kier alpha value is -3.66. The first-order valence-electron chi connectivity index (χ1n) is 9.92. The number of nitriles is 1. The summed E-state index contributed by atoms with van der Waals surface area (Å²) in [5.41, 5.74) is 7.32. The standard InChI is InChI=1S/C23H26N4O3/c1-2-3-4-8-21(28)27-20(13-16-9-11-17(15-24)12-10-16)23(30)26-19-7-5-6-18(14-19)22(25)29/h5-7,9-12,14,20H,2-4,8,13H2,1H3,(H2,25,29)(H,26,30)(H,27,28)/t20-/m0/s1. The predicted octanol–water partition coefficient (Wildman–Crippen LogP) is 2.90. The van der Waals surface area contributed by atoms with Gasteiger partial charge in [-0.1, -0.05) is 38.0 Å². The number of rotatable bonds is 10. The molecule has 0 saturated heterocycles. The van der Waals surface area contributed by atoms with Crippen molar-refractivity contribution in [3.05, 3.63) is 65.2 Å². The van der Waals surface area contributed by atoms with Crippen LogP contribution in [0, 0.1) is 11.3 Å². The SMILES string of the molecule is CCCCCC(=O)N[C@@H](Cc1ccc(C#N)cc1)C(=O)Nc1cccc(C(N)=O)c1. The van der Waals surface area contributed by atoms with Crippen molar-refractivity contribution in [2.45, 2.75) is 45.1 Å². The summed E-state index contributed by atoms with van der Waals surface area (Å²) in [6, 6.07) is 14.4. The van der Waals surface area contributed by atoms with Gasteiger partial charge in [-0.3, -0.25) is 14.4 Å². The van der Waals surface area contributed by atoms with Crippen LogP contribution in [0.5, 0.6) is 0 Å². The van der Waals surface area contributed by atoms with Crippen LogP contribution in [0.15, 0.2) is 48.5 Å². The van der Waals surface area contributed by atoms with Crippen molar-refractivity contribution in [1.82, 2.24) is 5.32 Å². The van der Waals surface area contributed by atoms with Gasteiger partial charge >= 0.3 is 0 Å². The zero-order valence-electron chi connectivity index (χ0n) is 17.0. The molecular weight excluding hydrogens is 380 g/mol. The Balaban J connectivity index is 2.14. The molecule has 3 amide bonds. The Labute approximate surface area is 176 Å². The van der Waals surface area contributed by atoms with Crippen molar-refractivity contribution in [3.8, 4) is 6.07 Å². The molecule has 156 valence electrons. The summed E-state index contributed by atoms with van der Waals surface area (Å²) in [5, 5.41) is 14.5. The zero-order chi connectivity index (χ0) is 21.9. The molecule has 7 nitrogen and oxygen atoms in total. The van der Waals surface area contributed by atoms with E-state index in [4.69, 9.17) is 11.0 Å². The Bertz CT molecular complexity index is 932. The van der Waals surface area contributed by atoms with Crippen LogP contribution in [0.25, 0.3) is 0 Å². The first-order valence-corrected chi connectivity index (χ1v) is 9.92. The number of anilines is 1. The predicted molar refractivity (Wildman–Crippen MR) is 115 cm³/mol. The third-order valence-electron chi connectivity index (χ3n) is 4.60. The van der Waals surface area contributed by atoms with E-state index >= 15 is 0 Å². The number of carbonyl (C=O) groups excluding carboxylic acids is 3. The second-order valence-electron chi connectivity index (χ2n) is 7.02. The van der Waals surface area contributed by atoms with Gasteiger partial charge in [-0.15, -0.1) is 0 Å². The molecule has 0 aromatic heterocycles. The lowest BCUT2D eigenvalue weighted by molar-refractivity contribution is -0.126. The molecule has 7 heteroatoms. The summed E-state index contributed by atoms with van der Waals surface area (Å²) < 4.78 is 0. The van der Waals surface area contributed by atoms with Crippen molar-refractivity contribution >= 4 is 23.4 Å². The van der Waals surface area contributed by atoms with Crippen LogP contribution in [-0.2, 0) is 16.0 Å². The summed E-state index contributed by atoms with van der Waals surface area (Å²) >= 11 is 0. The molecule has 30 heavy (non-hydrogen) atoms. The summed E-state index contributed by atoms with van der Waals surface area (Å²) in [6.07, 6.45) is 3.32. The van der Waals surface area contributed by atoms with Crippen molar-refractivity contribution in [2.24, 2.45) is 5.73 Å². The van der Waals surface area contributed by atoms with E-state index in [2.05, 4.69) is 23.6 Å². The van der Waals surface area contributed by atoms with Crippen LogP contribution in [0.2, 0.25) is 0 Å². The third-order valence-corrected chi connectivity index (χ3v) is 4.60. The third kappa shape index (κ3) is 7.06. The molecule has 0 spiro atoms. The maximum Gasteiger partial charge on any atom is 0.248 e. The van der Waals surface area contributed by atoms with Gasteiger partial charge in [0.2, 0.25) is 17.7 Å². The molecule has 4 N–H and O–H groups in total. The van der Waals surface area contributed by atoms with E-state index < -0.39 is 17.9 Å². The van der Waals surface area contributed by atoms with Crippen LogP contribution in [-0.4, -0.2) is 23.8 Å². The topological polar surface area (TPSA) is 125 Å². The van der Waals surface area contributed by atoms with Crippen LogP contribution in [0.4, 0.5) is 5.69 Å². The quantitative estimate of drug-likeness (QED) is 0.525. The van der Waals surface area contributed by atoms with Gasteiger partial charge in [-0.2, -0.15) is 5.26 Å². The Morgan fingerprint density at radius 2 is 1.83 bits per heavy atom. The van der Waals surface area contributed by atoms with Crippen LogP contribution < -0.4 is 16.4 Å². The number of hydrogen-bond donors (Lipinski definition) is 3. The average molecular weight is 406 g/mol. The van der Waals surface area contributed by atoms with Gasteiger partial charge in [-0.05, 0) is 42.3 Å². The minimum atomic E-state index is -0.802. The Morgan fingerprint density at radius 3 is 2.47 bits per heavy atom. The maximum absolute atomic E-state index is 12.9.